The Bertz CT molecular complexity index is 611. The summed E-state index contributed by atoms with van der Waals surface area (Å²) in [6.45, 7) is 2.32. The van der Waals surface area contributed by atoms with Crippen molar-refractivity contribution in [1.82, 2.24) is 4.98 Å². The summed E-state index contributed by atoms with van der Waals surface area (Å²) in [4.78, 5) is 17.2. The normalized spacial score (nSPS) is 10.2. The molecule has 0 aliphatic heterocycles. The van der Waals surface area contributed by atoms with Crippen LogP contribution in [0.3, 0.4) is 0 Å². The number of carbonyl (C=O) groups is 1. The van der Waals surface area contributed by atoms with Gasteiger partial charge in [0.2, 0.25) is 5.88 Å². The molecule has 5 nitrogen and oxygen atoms in total. The van der Waals surface area contributed by atoms with E-state index >= 15 is 0 Å². The molecule has 0 saturated carbocycles. The van der Waals surface area contributed by atoms with Crippen molar-refractivity contribution in [3.05, 3.63) is 53.7 Å². The van der Waals surface area contributed by atoms with Gasteiger partial charge < -0.3 is 14.7 Å². The summed E-state index contributed by atoms with van der Waals surface area (Å²) in [7, 11) is 1.56. The molecular formula is C16H18N2O3. The Balaban J connectivity index is 2.23. The Labute approximate surface area is 123 Å². The smallest absolute Gasteiger partial charge is 0.323 e. The number of hydrogen-bond donors (Lipinski definition) is 1. The number of rotatable bonds is 6. The van der Waals surface area contributed by atoms with Gasteiger partial charge in [-0.3, -0.25) is 4.79 Å². The van der Waals surface area contributed by atoms with Crippen LogP contribution >= 0.6 is 0 Å². The minimum Gasteiger partial charge on any atom is -0.481 e. The molecule has 1 heterocycles. The number of ether oxygens (including phenoxy) is 1. The highest BCUT2D eigenvalue weighted by Gasteiger charge is 2.12. The zero-order chi connectivity index (χ0) is 15.2. The van der Waals surface area contributed by atoms with E-state index in [1.54, 1.807) is 18.1 Å². The molecule has 0 fully saturated rings. The van der Waals surface area contributed by atoms with Crippen LogP contribution in [0.15, 0.2) is 42.5 Å². The third kappa shape index (κ3) is 4.21. The van der Waals surface area contributed by atoms with Crippen LogP contribution in [0.4, 0.5) is 5.69 Å². The van der Waals surface area contributed by atoms with Crippen LogP contribution in [-0.4, -0.2) is 29.7 Å². The lowest BCUT2D eigenvalue weighted by Crippen LogP contribution is -2.29. The predicted octanol–water partition coefficient (Wildman–Crippen LogP) is 2.49. The highest BCUT2D eigenvalue weighted by molar-refractivity contribution is 5.73. The fraction of sp³-hybridized carbons (Fsp3) is 0.250. The minimum atomic E-state index is -0.876. The van der Waals surface area contributed by atoms with Crippen molar-refractivity contribution in [2.45, 2.75) is 13.5 Å². The monoisotopic (exact) mass is 286 g/mol. The summed E-state index contributed by atoms with van der Waals surface area (Å²) in [6.07, 6.45) is 0. The number of methoxy groups -OCH3 is 1. The summed E-state index contributed by atoms with van der Waals surface area (Å²) >= 11 is 0. The van der Waals surface area contributed by atoms with Crippen molar-refractivity contribution in [3.63, 3.8) is 0 Å². The lowest BCUT2D eigenvalue weighted by Gasteiger charge is -2.22. The Kier molecular flexibility index (Phi) is 4.77. The Morgan fingerprint density at radius 2 is 1.95 bits per heavy atom. The number of carboxylic acid groups (broad SMARTS) is 1. The molecule has 110 valence electrons. The zero-order valence-electron chi connectivity index (χ0n) is 12.1. The second-order valence-electron chi connectivity index (χ2n) is 4.76. The Hall–Kier alpha value is -2.56. The van der Waals surface area contributed by atoms with Gasteiger partial charge in [-0.2, -0.15) is 0 Å². The van der Waals surface area contributed by atoms with Gasteiger partial charge in [0.05, 0.1) is 19.3 Å². The van der Waals surface area contributed by atoms with Gasteiger partial charge in [-0.05, 0) is 25.1 Å². The molecule has 5 heteroatoms. The molecule has 1 aromatic carbocycles. The van der Waals surface area contributed by atoms with E-state index in [9.17, 15) is 4.79 Å². The van der Waals surface area contributed by atoms with Gasteiger partial charge in [-0.25, -0.2) is 4.98 Å². The predicted molar refractivity (Wildman–Crippen MR) is 80.7 cm³/mol. The van der Waals surface area contributed by atoms with Gasteiger partial charge in [-0.15, -0.1) is 0 Å². The van der Waals surface area contributed by atoms with Crippen LogP contribution in [0.1, 0.15) is 11.3 Å². The molecule has 0 atom stereocenters. The maximum atomic E-state index is 11.1. The van der Waals surface area contributed by atoms with E-state index in [0.717, 1.165) is 16.9 Å². The number of benzene rings is 1. The molecule has 0 spiro atoms. The number of anilines is 1. The van der Waals surface area contributed by atoms with Gasteiger partial charge >= 0.3 is 5.97 Å². The first kappa shape index (κ1) is 14.8. The third-order valence-electron chi connectivity index (χ3n) is 3.07. The van der Waals surface area contributed by atoms with Crippen molar-refractivity contribution in [2.75, 3.05) is 18.6 Å². The van der Waals surface area contributed by atoms with Gasteiger partial charge in [-0.1, -0.05) is 23.8 Å². The summed E-state index contributed by atoms with van der Waals surface area (Å²) in [5.74, 6) is -0.356. The number of pyridine rings is 1. The van der Waals surface area contributed by atoms with Crippen molar-refractivity contribution >= 4 is 11.7 Å². The van der Waals surface area contributed by atoms with Crippen LogP contribution in [0, 0.1) is 6.92 Å². The molecule has 0 unspecified atom stereocenters. The third-order valence-corrected chi connectivity index (χ3v) is 3.07. The molecule has 0 amide bonds. The van der Waals surface area contributed by atoms with Gasteiger partial charge in [0, 0.05) is 11.8 Å². The topological polar surface area (TPSA) is 62.7 Å². The fourth-order valence-corrected chi connectivity index (χ4v) is 2.01. The summed E-state index contributed by atoms with van der Waals surface area (Å²) in [6, 6.07) is 13.2. The average molecular weight is 286 g/mol. The number of aryl methyl sites for hydroxylation is 1. The van der Waals surface area contributed by atoms with E-state index < -0.39 is 5.97 Å². The molecule has 1 aromatic heterocycles. The molecule has 0 aliphatic rings. The van der Waals surface area contributed by atoms with Gasteiger partial charge in [0.15, 0.2) is 0 Å². The number of nitrogens with zero attached hydrogens (tertiary/aromatic N) is 2. The maximum absolute atomic E-state index is 11.1. The van der Waals surface area contributed by atoms with Crippen molar-refractivity contribution in [2.24, 2.45) is 0 Å². The van der Waals surface area contributed by atoms with E-state index in [4.69, 9.17) is 9.84 Å². The van der Waals surface area contributed by atoms with Crippen LogP contribution in [-0.2, 0) is 11.3 Å². The minimum absolute atomic E-state index is 0.0814. The Morgan fingerprint density at radius 3 is 2.57 bits per heavy atom. The van der Waals surface area contributed by atoms with E-state index in [2.05, 4.69) is 4.98 Å². The summed E-state index contributed by atoms with van der Waals surface area (Å²) < 4.78 is 5.09. The zero-order valence-corrected chi connectivity index (χ0v) is 12.1. The first-order chi connectivity index (χ1) is 10.1. The van der Waals surface area contributed by atoms with E-state index in [-0.39, 0.29) is 6.54 Å². The molecule has 0 bridgehead atoms. The number of aromatic nitrogens is 1. The van der Waals surface area contributed by atoms with Crippen LogP contribution in [0.2, 0.25) is 0 Å². The number of carboxylic acids is 1. The van der Waals surface area contributed by atoms with E-state index in [1.807, 2.05) is 43.3 Å². The standard InChI is InChI=1S/C16H18N2O3/c1-12-6-8-14(9-7-12)18(11-16(19)20)10-13-4-3-5-15(17-13)21-2/h3-9H,10-11H2,1-2H3,(H,19,20). The van der Waals surface area contributed by atoms with Crippen molar-refractivity contribution < 1.29 is 14.6 Å². The van der Waals surface area contributed by atoms with Crippen molar-refractivity contribution in [1.29, 1.82) is 0 Å². The largest absolute Gasteiger partial charge is 0.481 e. The van der Waals surface area contributed by atoms with Gasteiger partial charge in [0.1, 0.15) is 6.54 Å². The van der Waals surface area contributed by atoms with Gasteiger partial charge in [0.25, 0.3) is 0 Å². The molecule has 1 N–H and O–H groups in total. The second kappa shape index (κ2) is 6.74. The lowest BCUT2D eigenvalue weighted by molar-refractivity contribution is -0.135. The molecule has 21 heavy (non-hydrogen) atoms. The second-order valence-corrected chi connectivity index (χ2v) is 4.76. The molecule has 2 aromatic rings. The molecule has 0 aliphatic carbocycles. The Morgan fingerprint density at radius 1 is 1.24 bits per heavy atom. The average Bonchev–Trinajstić information content (AvgIpc) is 2.47. The van der Waals surface area contributed by atoms with Crippen molar-refractivity contribution in [3.8, 4) is 5.88 Å². The quantitative estimate of drug-likeness (QED) is 0.884. The fourth-order valence-electron chi connectivity index (χ4n) is 2.01. The van der Waals surface area contributed by atoms with Crippen LogP contribution < -0.4 is 9.64 Å². The molecular weight excluding hydrogens is 268 g/mol. The van der Waals surface area contributed by atoms with E-state index in [0.29, 0.717) is 12.4 Å². The van der Waals surface area contributed by atoms with E-state index in [1.165, 1.54) is 0 Å². The lowest BCUT2D eigenvalue weighted by atomic mass is 10.2. The number of aliphatic carboxylic acids is 1. The van der Waals surface area contributed by atoms with Crippen LogP contribution in [0.25, 0.3) is 0 Å². The first-order valence-corrected chi connectivity index (χ1v) is 6.62. The molecule has 2 rings (SSSR count). The van der Waals surface area contributed by atoms with Crippen LogP contribution in [0.5, 0.6) is 5.88 Å². The molecule has 0 radical (unpaired) electrons. The SMILES string of the molecule is COc1cccc(CN(CC(=O)O)c2ccc(C)cc2)n1. The molecule has 0 saturated heterocycles. The summed E-state index contributed by atoms with van der Waals surface area (Å²) in [5.41, 5.74) is 2.75. The highest BCUT2D eigenvalue weighted by atomic mass is 16.5. The first-order valence-electron chi connectivity index (χ1n) is 6.62. The highest BCUT2D eigenvalue weighted by Crippen LogP contribution is 2.18. The maximum Gasteiger partial charge on any atom is 0.323 e. The number of hydrogen-bond acceptors (Lipinski definition) is 4. The summed E-state index contributed by atoms with van der Waals surface area (Å²) in [5, 5.41) is 9.09.